The van der Waals surface area contributed by atoms with Gasteiger partial charge in [0.15, 0.2) is 10.8 Å². The zero-order valence-electron chi connectivity index (χ0n) is 6.66. The molecule has 0 atom stereocenters. The first-order valence-electron chi connectivity index (χ1n) is 3.80. The Morgan fingerprint density at radius 3 is 3.17 bits per heavy atom. The molecule has 0 fully saturated rings. The third-order valence-electron chi connectivity index (χ3n) is 1.79. The van der Waals surface area contributed by atoms with Crippen molar-refractivity contribution in [2.75, 3.05) is 0 Å². The predicted molar refractivity (Wildman–Crippen MR) is 47.4 cm³/mol. The van der Waals surface area contributed by atoms with Crippen LogP contribution in [0.5, 0.6) is 0 Å². The molecule has 0 aliphatic carbocycles. The summed E-state index contributed by atoms with van der Waals surface area (Å²) in [5, 5.41) is 4.68. The summed E-state index contributed by atoms with van der Waals surface area (Å²) in [6.07, 6.45) is 4.37. The van der Waals surface area contributed by atoms with E-state index in [9.17, 15) is 0 Å². The van der Waals surface area contributed by atoms with E-state index in [0.29, 0.717) is 5.15 Å². The smallest absolute Gasteiger partial charge is 0.153 e. The van der Waals surface area contributed by atoms with Crippen LogP contribution in [0.2, 0.25) is 5.15 Å². The van der Waals surface area contributed by atoms with Crippen LogP contribution in [0.1, 0.15) is 12.5 Å². The van der Waals surface area contributed by atoms with Gasteiger partial charge in [0.2, 0.25) is 0 Å². The van der Waals surface area contributed by atoms with Crippen LogP contribution in [-0.4, -0.2) is 14.6 Å². The normalized spacial score (nSPS) is 10.8. The van der Waals surface area contributed by atoms with Crippen molar-refractivity contribution >= 4 is 17.2 Å². The lowest BCUT2D eigenvalue weighted by Crippen LogP contribution is -1.94. The Morgan fingerprint density at radius 1 is 1.58 bits per heavy atom. The standard InChI is InChI=1S/C8H8ClN3/c1-2-6-5-7-10-3-4-12(7)11-8(6)9/h3-5H,2H2,1H3. The lowest BCUT2D eigenvalue weighted by molar-refractivity contribution is 0.913. The minimum atomic E-state index is 0.558. The molecule has 0 aliphatic rings. The van der Waals surface area contributed by atoms with Gasteiger partial charge in [-0.05, 0) is 18.1 Å². The van der Waals surface area contributed by atoms with Gasteiger partial charge in [0.25, 0.3) is 0 Å². The monoisotopic (exact) mass is 181 g/mol. The lowest BCUT2D eigenvalue weighted by Gasteiger charge is -1.99. The quantitative estimate of drug-likeness (QED) is 0.673. The molecule has 0 saturated heterocycles. The van der Waals surface area contributed by atoms with E-state index < -0.39 is 0 Å². The molecule has 0 amide bonds. The second-order valence-corrected chi connectivity index (χ2v) is 2.90. The van der Waals surface area contributed by atoms with Gasteiger partial charge in [-0.2, -0.15) is 5.10 Å². The van der Waals surface area contributed by atoms with Crippen LogP contribution < -0.4 is 0 Å². The van der Waals surface area contributed by atoms with E-state index in [0.717, 1.165) is 17.6 Å². The van der Waals surface area contributed by atoms with E-state index in [4.69, 9.17) is 11.6 Å². The average molecular weight is 182 g/mol. The molecule has 0 aliphatic heterocycles. The summed E-state index contributed by atoms with van der Waals surface area (Å²) in [7, 11) is 0. The molecule has 2 aromatic heterocycles. The van der Waals surface area contributed by atoms with Crippen LogP contribution in [0.4, 0.5) is 0 Å². The van der Waals surface area contributed by atoms with Crippen LogP contribution in [0.15, 0.2) is 18.5 Å². The molecule has 0 aromatic carbocycles. The van der Waals surface area contributed by atoms with Crippen LogP contribution >= 0.6 is 11.6 Å². The molecular weight excluding hydrogens is 174 g/mol. The fraction of sp³-hybridized carbons (Fsp3) is 0.250. The van der Waals surface area contributed by atoms with Gasteiger partial charge in [-0.3, -0.25) is 0 Å². The molecule has 0 unspecified atom stereocenters. The number of aryl methyl sites for hydroxylation is 1. The number of fused-ring (bicyclic) bond motifs is 1. The minimum absolute atomic E-state index is 0.558. The maximum atomic E-state index is 5.90. The molecule has 0 N–H and O–H groups in total. The molecule has 0 radical (unpaired) electrons. The lowest BCUT2D eigenvalue weighted by atomic mass is 10.2. The van der Waals surface area contributed by atoms with Gasteiger partial charge in [-0.15, -0.1) is 0 Å². The maximum absolute atomic E-state index is 5.90. The first kappa shape index (κ1) is 7.55. The first-order valence-corrected chi connectivity index (χ1v) is 4.18. The number of halogens is 1. The van der Waals surface area contributed by atoms with Gasteiger partial charge in [0.05, 0.1) is 0 Å². The van der Waals surface area contributed by atoms with Crippen molar-refractivity contribution in [3.8, 4) is 0 Å². The molecule has 0 bridgehead atoms. The summed E-state index contributed by atoms with van der Waals surface area (Å²) in [6.45, 7) is 2.04. The number of aromatic nitrogens is 3. The van der Waals surface area contributed by atoms with Crippen molar-refractivity contribution in [2.45, 2.75) is 13.3 Å². The van der Waals surface area contributed by atoms with Gasteiger partial charge in [-0.25, -0.2) is 9.50 Å². The molecule has 2 heterocycles. The van der Waals surface area contributed by atoms with Crippen molar-refractivity contribution in [3.63, 3.8) is 0 Å². The fourth-order valence-corrected chi connectivity index (χ4v) is 1.39. The fourth-order valence-electron chi connectivity index (χ4n) is 1.12. The third kappa shape index (κ3) is 1.06. The number of imidazole rings is 1. The van der Waals surface area contributed by atoms with Gasteiger partial charge in [0, 0.05) is 12.4 Å². The largest absolute Gasteiger partial charge is 0.236 e. The Hall–Kier alpha value is -1.09. The number of hydrogen-bond donors (Lipinski definition) is 0. The Balaban J connectivity index is 2.73. The summed E-state index contributed by atoms with van der Waals surface area (Å²) in [5.74, 6) is 0. The molecule has 62 valence electrons. The summed E-state index contributed by atoms with van der Waals surface area (Å²) >= 11 is 5.90. The van der Waals surface area contributed by atoms with E-state index in [1.54, 1.807) is 16.9 Å². The molecule has 3 nitrogen and oxygen atoms in total. The van der Waals surface area contributed by atoms with Crippen molar-refractivity contribution in [1.82, 2.24) is 14.6 Å². The average Bonchev–Trinajstić information content (AvgIpc) is 2.49. The molecule has 0 saturated carbocycles. The molecular formula is C8H8ClN3. The van der Waals surface area contributed by atoms with Crippen LogP contribution in [0.3, 0.4) is 0 Å². The van der Waals surface area contributed by atoms with Gasteiger partial charge < -0.3 is 0 Å². The highest BCUT2D eigenvalue weighted by molar-refractivity contribution is 6.30. The predicted octanol–water partition coefficient (Wildman–Crippen LogP) is 1.95. The highest BCUT2D eigenvalue weighted by atomic mass is 35.5. The number of nitrogens with zero attached hydrogens (tertiary/aromatic N) is 3. The van der Waals surface area contributed by atoms with Gasteiger partial charge in [0.1, 0.15) is 0 Å². The maximum Gasteiger partial charge on any atom is 0.153 e. The SMILES string of the molecule is CCc1cc2nccn2nc1Cl. The zero-order valence-corrected chi connectivity index (χ0v) is 7.41. The Kier molecular flexibility index (Phi) is 1.73. The summed E-state index contributed by atoms with van der Waals surface area (Å²) in [5.41, 5.74) is 1.88. The van der Waals surface area contributed by atoms with Crippen LogP contribution in [-0.2, 0) is 6.42 Å². The van der Waals surface area contributed by atoms with Crippen LogP contribution in [0, 0.1) is 0 Å². The second-order valence-electron chi connectivity index (χ2n) is 2.54. The number of hydrogen-bond acceptors (Lipinski definition) is 2. The van der Waals surface area contributed by atoms with E-state index in [2.05, 4.69) is 10.1 Å². The van der Waals surface area contributed by atoms with Crippen molar-refractivity contribution in [3.05, 3.63) is 29.2 Å². The Labute approximate surface area is 75.0 Å². The van der Waals surface area contributed by atoms with Crippen molar-refractivity contribution < 1.29 is 0 Å². The van der Waals surface area contributed by atoms with E-state index >= 15 is 0 Å². The highest BCUT2D eigenvalue weighted by Gasteiger charge is 2.02. The van der Waals surface area contributed by atoms with E-state index in [-0.39, 0.29) is 0 Å². The summed E-state index contributed by atoms with van der Waals surface area (Å²) in [4.78, 5) is 4.11. The first-order chi connectivity index (χ1) is 5.81. The van der Waals surface area contributed by atoms with Crippen molar-refractivity contribution in [2.24, 2.45) is 0 Å². The Bertz CT molecular complexity index is 408. The highest BCUT2D eigenvalue weighted by Crippen LogP contribution is 2.14. The third-order valence-corrected chi connectivity index (χ3v) is 2.11. The molecule has 2 rings (SSSR count). The number of rotatable bonds is 1. The molecule has 2 aromatic rings. The second kappa shape index (κ2) is 2.75. The minimum Gasteiger partial charge on any atom is -0.236 e. The van der Waals surface area contributed by atoms with Crippen LogP contribution in [0.25, 0.3) is 5.65 Å². The van der Waals surface area contributed by atoms with E-state index in [1.807, 2.05) is 13.0 Å². The topological polar surface area (TPSA) is 30.2 Å². The zero-order chi connectivity index (χ0) is 8.55. The summed E-state index contributed by atoms with van der Waals surface area (Å²) < 4.78 is 1.67. The summed E-state index contributed by atoms with van der Waals surface area (Å²) in [6, 6.07) is 1.95. The molecule has 0 spiro atoms. The van der Waals surface area contributed by atoms with E-state index in [1.165, 1.54) is 0 Å². The van der Waals surface area contributed by atoms with Crippen molar-refractivity contribution in [1.29, 1.82) is 0 Å². The molecule has 4 heteroatoms. The Morgan fingerprint density at radius 2 is 2.42 bits per heavy atom. The van der Waals surface area contributed by atoms with Gasteiger partial charge in [-0.1, -0.05) is 18.5 Å². The van der Waals surface area contributed by atoms with Gasteiger partial charge >= 0.3 is 0 Å². The molecule has 12 heavy (non-hydrogen) atoms.